The van der Waals surface area contributed by atoms with Crippen molar-refractivity contribution in [1.82, 2.24) is 5.32 Å². The molecule has 8 heteroatoms. The Bertz CT molecular complexity index is 547. The summed E-state index contributed by atoms with van der Waals surface area (Å²) in [5.74, 6) is -3.16. The summed E-state index contributed by atoms with van der Waals surface area (Å²) >= 11 is 0. The van der Waals surface area contributed by atoms with Gasteiger partial charge in [-0.25, -0.2) is 18.8 Å². The molecule has 1 unspecified atom stereocenters. The van der Waals surface area contributed by atoms with Crippen LogP contribution in [0.5, 0.6) is 0 Å². The number of nitrogens with one attached hydrogen (secondary N) is 2. The number of carbonyl (C=O) groups is 3. The monoisotopic (exact) mass is 284 g/mol. The molecule has 1 rings (SSSR count). The van der Waals surface area contributed by atoms with Crippen LogP contribution in [0.3, 0.4) is 0 Å². The van der Waals surface area contributed by atoms with E-state index in [-0.39, 0.29) is 5.69 Å². The van der Waals surface area contributed by atoms with E-state index in [1.54, 1.807) is 0 Å². The highest BCUT2D eigenvalue weighted by molar-refractivity contribution is 6.00. The number of carboxylic acids is 1. The molecule has 0 aliphatic carbocycles. The zero-order chi connectivity index (χ0) is 15.3. The number of ether oxygens (including phenoxy) is 1. The Morgan fingerprint density at radius 3 is 2.55 bits per heavy atom. The maximum absolute atomic E-state index is 13.4. The topological polar surface area (TPSA) is 105 Å². The second-order valence-corrected chi connectivity index (χ2v) is 3.81. The van der Waals surface area contributed by atoms with Gasteiger partial charge in [-0.3, -0.25) is 0 Å². The quantitative estimate of drug-likeness (QED) is 0.721. The minimum absolute atomic E-state index is 0.216. The predicted octanol–water partition coefficient (Wildman–Crippen LogP) is 1.21. The number of halogens is 1. The minimum atomic E-state index is -1.51. The van der Waals surface area contributed by atoms with E-state index >= 15 is 0 Å². The predicted molar refractivity (Wildman–Crippen MR) is 67.0 cm³/mol. The van der Waals surface area contributed by atoms with Crippen molar-refractivity contribution >= 4 is 23.7 Å². The second kappa shape index (κ2) is 6.50. The summed E-state index contributed by atoms with van der Waals surface area (Å²) in [6.07, 6.45) is 0. The van der Waals surface area contributed by atoms with Gasteiger partial charge in [0.1, 0.15) is 17.4 Å². The Morgan fingerprint density at radius 1 is 1.35 bits per heavy atom. The zero-order valence-corrected chi connectivity index (χ0v) is 10.8. The third kappa shape index (κ3) is 3.67. The Hall–Kier alpha value is -2.64. The van der Waals surface area contributed by atoms with E-state index in [9.17, 15) is 18.8 Å². The highest BCUT2D eigenvalue weighted by atomic mass is 19.1. The summed E-state index contributed by atoms with van der Waals surface area (Å²) in [4.78, 5) is 33.6. The lowest BCUT2D eigenvalue weighted by molar-refractivity contribution is -0.142. The summed E-state index contributed by atoms with van der Waals surface area (Å²) < 4.78 is 17.8. The lowest BCUT2D eigenvalue weighted by Crippen LogP contribution is -2.41. The van der Waals surface area contributed by atoms with Crippen molar-refractivity contribution in [3.63, 3.8) is 0 Å². The van der Waals surface area contributed by atoms with Crippen molar-refractivity contribution in [3.8, 4) is 0 Å². The molecule has 0 heterocycles. The second-order valence-electron chi connectivity index (χ2n) is 3.81. The summed E-state index contributed by atoms with van der Waals surface area (Å²) in [5.41, 5.74) is -0.875. The van der Waals surface area contributed by atoms with Crippen molar-refractivity contribution in [2.24, 2.45) is 0 Å². The average molecular weight is 284 g/mol. The van der Waals surface area contributed by atoms with E-state index in [4.69, 9.17) is 5.11 Å². The molecule has 0 aliphatic heterocycles. The molecular formula is C12H13FN2O5. The maximum atomic E-state index is 13.4. The SMILES string of the molecule is COC(=O)C(C)NC(=O)Nc1cccc(F)c1C(=O)O. The van der Waals surface area contributed by atoms with Crippen LogP contribution in [-0.4, -0.2) is 36.2 Å². The van der Waals surface area contributed by atoms with Gasteiger partial charge in [0.15, 0.2) is 0 Å². The summed E-state index contributed by atoms with van der Waals surface area (Å²) in [5, 5.41) is 13.3. The molecule has 0 aromatic heterocycles. The number of anilines is 1. The molecule has 20 heavy (non-hydrogen) atoms. The molecule has 108 valence electrons. The maximum Gasteiger partial charge on any atom is 0.340 e. The number of hydrogen-bond donors (Lipinski definition) is 3. The lowest BCUT2D eigenvalue weighted by atomic mass is 10.1. The molecule has 0 aliphatic rings. The van der Waals surface area contributed by atoms with Crippen LogP contribution in [0.4, 0.5) is 14.9 Å². The van der Waals surface area contributed by atoms with Crippen LogP contribution < -0.4 is 10.6 Å². The fourth-order valence-corrected chi connectivity index (χ4v) is 1.44. The van der Waals surface area contributed by atoms with E-state index < -0.39 is 35.4 Å². The number of amides is 2. The van der Waals surface area contributed by atoms with Crippen molar-refractivity contribution in [3.05, 3.63) is 29.6 Å². The van der Waals surface area contributed by atoms with E-state index in [0.717, 1.165) is 13.2 Å². The van der Waals surface area contributed by atoms with Crippen LogP contribution in [0.25, 0.3) is 0 Å². The first-order valence-corrected chi connectivity index (χ1v) is 5.54. The number of aromatic carboxylic acids is 1. The van der Waals surface area contributed by atoms with Gasteiger partial charge in [0.05, 0.1) is 12.8 Å². The highest BCUT2D eigenvalue weighted by Gasteiger charge is 2.19. The van der Waals surface area contributed by atoms with Gasteiger partial charge < -0.3 is 20.5 Å². The summed E-state index contributed by atoms with van der Waals surface area (Å²) in [6, 6.07) is 1.66. The minimum Gasteiger partial charge on any atom is -0.478 e. The molecule has 1 aromatic carbocycles. The van der Waals surface area contributed by atoms with Crippen molar-refractivity contribution in [2.75, 3.05) is 12.4 Å². The summed E-state index contributed by atoms with van der Waals surface area (Å²) in [7, 11) is 1.16. The normalized spacial score (nSPS) is 11.3. The first-order valence-electron chi connectivity index (χ1n) is 5.54. The van der Waals surface area contributed by atoms with Crippen molar-refractivity contribution in [1.29, 1.82) is 0 Å². The Balaban J connectivity index is 2.84. The number of methoxy groups -OCH3 is 1. The molecule has 1 aromatic rings. The number of hydrogen-bond acceptors (Lipinski definition) is 4. The van der Waals surface area contributed by atoms with E-state index in [1.165, 1.54) is 19.1 Å². The van der Waals surface area contributed by atoms with Crippen LogP contribution >= 0.6 is 0 Å². The largest absolute Gasteiger partial charge is 0.478 e. The first kappa shape index (κ1) is 15.4. The molecule has 0 fully saturated rings. The molecule has 0 radical (unpaired) electrons. The molecule has 3 N–H and O–H groups in total. The molecular weight excluding hydrogens is 271 g/mol. The van der Waals surface area contributed by atoms with Crippen molar-refractivity contribution < 1.29 is 28.6 Å². The number of urea groups is 1. The molecule has 0 spiro atoms. The van der Waals surface area contributed by atoms with E-state index in [2.05, 4.69) is 15.4 Å². The number of carbonyl (C=O) groups excluding carboxylic acids is 2. The Labute approximate surface area is 113 Å². The smallest absolute Gasteiger partial charge is 0.340 e. The Kier molecular flexibility index (Phi) is 5.01. The Morgan fingerprint density at radius 2 is 2.00 bits per heavy atom. The molecule has 0 saturated carbocycles. The van der Waals surface area contributed by atoms with Crippen LogP contribution in [0.15, 0.2) is 18.2 Å². The average Bonchev–Trinajstić information content (AvgIpc) is 2.36. The molecule has 0 saturated heterocycles. The lowest BCUT2D eigenvalue weighted by Gasteiger charge is -2.13. The molecule has 2 amide bonds. The fraction of sp³-hybridized carbons (Fsp3) is 0.250. The van der Waals surface area contributed by atoms with Crippen LogP contribution in [0.2, 0.25) is 0 Å². The van der Waals surface area contributed by atoms with Gasteiger partial charge in [-0.15, -0.1) is 0 Å². The number of benzene rings is 1. The van der Waals surface area contributed by atoms with Gasteiger partial charge in [-0.05, 0) is 19.1 Å². The third-order valence-corrected chi connectivity index (χ3v) is 2.38. The number of esters is 1. The first-order chi connectivity index (χ1) is 9.36. The van der Waals surface area contributed by atoms with Crippen molar-refractivity contribution in [2.45, 2.75) is 13.0 Å². The van der Waals surface area contributed by atoms with Gasteiger partial charge >= 0.3 is 18.0 Å². The number of carboxylic acid groups (broad SMARTS) is 1. The van der Waals surface area contributed by atoms with E-state index in [0.29, 0.717) is 0 Å². The zero-order valence-electron chi connectivity index (χ0n) is 10.8. The van der Waals surface area contributed by atoms with Crippen LogP contribution in [-0.2, 0) is 9.53 Å². The number of rotatable bonds is 4. The van der Waals surface area contributed by atoms with Gasteiger partial charge in [0.2, 0.25) is 0 Å². The molecule has 0 bridgehead atoms. The third-order valence-electron chi connectivity index (χ3n) is 2.38. The van der Waals surface area contributed by atoms with Gasteiger partial charge in [-0.2, -0.15) is 0 Å². The van der Waals surface area contributed by atoms with Gasteiger partial charge in [-0.1, -0.05) is 6.07 Å². The van der Waals surface area contributed by atoms with Crippen LogP contribution in [0.1, 0.15) is 17.3 Å². The van der Waals surface area contributed by atoms with Gasteiger partial charge in [0, 0.05) is 0 Å². The van der Waals surface area contributed by atoms with Crippen LogP contribution in [0, 0.1) is 5.82 Å². The molecule has 7 nitrogen and oxygen atoms in total. The summed E-state index contributed by atoms with van der Waals surface area (Å²) in [6.45, 7) is 1.38. The standard InChI is InChI=1S/C12H13FN2O5/c1-6(11(18)20-2)14-12(19)15-8-5-3-4-7(13)9(8)10(16)17/h3-6H,1-2H3,(H,16,17)(H2,14,15,19). The highest BCUT2D eigenvalue weighted by Crippen LogP contribution is 2.18. The fourth-order valence-electron chi connectivity index (χ4n) is 1.44. The van der Waals surface area contributed by atoms with E-state index in [1.807, 2.05) is 0 Å². The van der Waals surface area contributed by atoms with Gasteiger partial charge in [0.25, 0.3) is 0 Å². The molecule has 1 atom stereocenters.